The number of nitrogens with zero attached hydrogens (tertiary/aromatic N) is 4. The Morgan fingerprint density at radius 1 is 0.562 bits per heavy atom. The fourth-order valence-corrected chi connectivity index (χ4v) is 4.84. The minimum Gasteiger partial charge on any atom is -0.356 e. The first-order chi connectivity index (χ1) is 15.3. The SMILES string of the molecule is CC1=C(C)N(c2cccc(C)c2)CN1CCCCN1CN(c2cccc(C)c2)C(C)=C1C. The fraction of sp³-hybridized carbons (Fsp3) is 0.429. The molecule has 0 aliphatic carbocycles. The van der Waals surface area contributed by atoms with E-state index in [0.29, 0.717) is 0 Å². The lowest BCUT2D eigenvalue weighted by atomic mass is 10.2. The number of anilines is 2. The Balaban J connectivity index is 1.29. The summed E-state index contributed by atoms with van der Waals surface area (Å²) in [5.41, 5.74) is 10.8. The molecule has 32 heavy (non-hydrogen) atoms. The molecule has 2 aliphatic heterocycles. The Hall–Kier alpha value is -2.88. The summed E-state index contributed by atoms with van der Waals surface area (Å²) < 4.78 is 0. The van der Waals surface area contributed by atoms with E-state index in [1.54, 1.807) is 0 Å². The monoisotopic (exact) mass is 430 g/mol. The molecule has 4 heteroatoms. The van der Waals surface area contributed by atoms with Crippen molar-refractivity contribution in [3.8, 4) is 0 Å². The van der Waals surface area contributed by atoms with Gasteiger partial charge in [0.05, 0.1) is 13.3 Å². The van der Waals surface area contributed by atoms with Gasteiger partial charge >= 0.3 is 0 Å². The van der Waals surface area contributed by atoms with Crippen LogP contribution in [-0.4, -0.2) is 36.2 Å². The van der Waals surface area contributed by atoms with Crippen molar-refractivity contribution in [3.63, 3.8) is 0 Å². The number of benzene rings is 2. The smallest absolute Gasteiger partial charge is 0.0946 e. The lowest BCUT2D eigenvalue weighted by molar-refractivity contribution is 0.329. The van der Waals surface area contributed by atoms with Gasteiger partial charge in [-0.05, 0) is 89.8 Å². The molecule has 0 aromatic heterocycles. The van der Waals surface area contributed by atoms with Crippen LogP contribution < -0.4 is 9.80 Å². The Bertz CT molecular complexity index is 952. The van der Waals surface area contributed by atoms with Gasteiger partial charge in [0.25, 0.3) is 0 Å². The lowest BCUT2D eigenvalue weighted by Gasteiger charge is -2.26. The first-order valence-corrected chi connectivity index (χ1v) is 11.9. The second kappa shape index (κ2) is 9.32. The van der Waals surface area contributed by atoms with Crippen LogP contribution in [0.2, 0.25) is 0 Å². The molecule has 170 valence electrons. The average Bonchev–Trinajstić information content (AvgIpc) is 3.22. The summed E-state index contributed by atoms with van der Waals surface area (Å²) in [6.07, 6.45) is 2.42. The molecule has 0 saturated heterocycles. The Kier molecular flexibility index (Phi) is 6.50. The number of aryl methyl sites for hydroxylation is 2. The quantitative estimate of drug-likeness (QED) is 0.468. The molecule has 0 unspecified atom stereocenters. The van der Waals surface area contributed by atoms with Gasteiger partial charge in [0, 0.05) is 47.3 Å². The number of rotatable bonds is 7. The highest BCUT2D eigenvalue weighted by molar-refractivity contribution is 5.56. The third kappa shape index (κ3) is 4.50. The van der Waals surface area contributed by atoms with E-state index in [2.05, 4.69) is 110 Å². The highest BCUT2D eigenvalue weighted by Crippen LogP contribution is 2.31. The van der Waals surface area contributed by atoms with Crippen LogP contribution in [0.15, 0.2) is 71.3 Å². The third-order valence-corrected chi connectivity index (χ3v) is 7.16. The van der Waals surface area contributed by atoms with Crippen molar-refractivity contribution in [2.45, 2.75) is 54.4 Å². The molecule has 4 nitrogen and oxygen atoms in total. The molecule has 4 rings (SSSR count). The van der Waals surface area contributed by atoms with E-state index in [9.17, 15) is 0 Å². The molecule has 0 bridgehead atoms. The van der Waals surface area contributed by atoms with Crippen molar-refractivity contribution < 1.29 is 0 Å². The number of hydrogen-bond acceptors (Lipinski definition) is 4. The molecule has 0 N–H and O–H groups in total. The van der Waals surface area contributed by atoms with Crippen LogP contribution in [0.3, 0.4) is 0 Å². The van der Waals surface area contributed by atoms with Gasteiger partial charge in [-0.1, -0.05) is 24.3 Å². The first-order valence-electron chi connectivity index (χ1n) is 11.9. The molecule has 0 fully saturated rings. The molecule has 0 saturated carbocycles. The van der Waals surface area contributed by atoms with Crippen LogP contribution in [0.25, 0.3) is 0 Å². The molecule has 2 heterocycles. The van der Waals surface area contributed by atoms with Gasteiger partial charge in [-0.2, -0.15) is 0 Å². The standard InChI is InChI=1S/C28H38N4/c1-21-11-9-13-27(17-21)31-19-29(23(3)25(31)5)15-7-8-16-30-20-32(26(6)24(30)4)28-14-10-12-22(2)18-28/h9-14,17-18H,7-8,15-16,19-20H2,1-6H3. The van der Waals surface area contributed by atoms with E-state index in [1.807, 2.05) is 0 Å². The van der Waals surface area contributed by atoms with E-state index in [0.717, 1.165) is 26.4 Å². The van der Waals surface area contributed by atoms with Crippen molar-refractivity contribution in [1.82, 2.24) is 9.80 Å². The topological polar surface area (TPSA) is 13.0 Å². The van der Waals surface area contributed by atoms with Gasteiger partial charge in [-0.3, -0.25) is 0 Å². The molecule has 0 amide bonds. The van der Waals surface area contributed by atoms with E-state index in [-0.39, 0.29) is 0 Å². The molecular weight excluding hydrogens is 392 g/mol. The molecule has 0 radical (unpaired) electrons. The van der Waals surface area contributed by atoms with Gasteiger partial charge in [-0.25, -0.2) is 0 Å². The van der Waals surface area contributed by atoms with E-state index in [1.165, 1.54) is 58.1 Å². The zero-order valence-electron chi connectivity index (χ0n) is 20.7. The summed E-state index contributed by atoms with van der Waals surface area (Å²) in [5, 5.41) is 0. The van der Waals surface area contributed by atoms with Gasteiger partial charge in [0.15, 0.2) is 0 Å². The summed E-state index contributed by atoms with van der Waals surface area (Å²) in [5.74, 6) is 0. The average molecular weight is 431 g/mol. The van der Waals surface area contributed by atoms with Crippen molar-refractivity contribution in [3.05, 3.63) is 82.4 Å². The number of hydrogen-bond donors (Lipinski definition) is 0. The van der Waals surface area contributed by atoms with Crippen LogP contribution in [0.4, 0.5) is 11.4 Å². The van der Waals surface area contributed by atoms with Crippen molar-refractivity contribution >= 4 is 11.4 Å². The van der Waals surface area contributed by atoms with Crippen molar-refractivity contribution in [2.75, 3.05) is 36.2 Å². The summed E-state index contributed by atoms with van der Waals surface area (Å²) in [6, 6.07) is 17.7. The molecular formula is C28H38N4. The van der Waals surface area contributed by atoms with Gasteiger partial charge in [0.2, 0.25) is 0 Å². The highest BCUT2D eigenvalue weighted by Gasteiger charge is 2.26. The van der Waals surface area contributed by atoms with Crippen LogP contribution in [0, 0.1) is 13.8 Å². The summed E-state index contributed by atoms with van der Waals surface area (Å²) in [4.78, 5) is 9.96. The van der Waals surface area contributed by atoms with Crippen LogP contribution in [0.1, 0.15) is 51.7 Å². The highest BCUT2D eigenvalue weighted by atomic mass is 15.4. The maximum Gasteiger partial charge on any atom is 0.0946 e. The molecule has 0 spiro atoms. The third-order valence-electron chi connectivity index (χ3n) is 7.16. The summed E-state index contributed by atoms with van der Waals surface area (Å²) in [7, 11) is 0. The molecule has 2 aromatic carbocycles. The fourth-order valence-electron chi connectivity index (χ4n) is 4.84. The van der Waals surface area contributed by atoms with Crippen molar-refractivity contribution in [1.29, 1.82) is 0 Å². The number of allylic oxidation sites excluding steroid dienone is 4. The zero-order valence-corrected chi connectivity index (χ0v) is 20.7. The first kappa shape index (κ1) is 22.3. The second-order valence-electron chi connectivity index (χ2n) is 9.39. The lowest BCUT2D eigenvalue weighted by Crippen LogP contribution is -2.30. The van der Waals surface area contributed by atoms with Gasteiger partial charge in [0.1, 0.15) is 0 Å². The number of unbranched alkanes of at least 4 members (excludes halogenated alkanes) is 1. The second-order valence-corrected chi connectivity index (χ2v) is 9.39. The minimum atomic E-state index is 0.962. The molecule has 2 aliphatic rings. The maximum absolute atomic E-state index is 2.54. The predicted octanol–water partition coefficient (Wildman–Crippen LogP) is 6.45. The Morgan fingerprint density at radius 3 is 1.34 bits per heavy atom. The van der Waals surface area contributed by atoms with Crippen LogP contribution in [0.5, 0.6) is 0 Å². The van der Waals surface area contributed by atoms with E-state index < -0.39 is 0 Å². The zero-order chi connectivity index (χ0) is 22.8. The predicted molar refractivity (Wildman–Crippen MR) is 136 cm³/mol. The van der Waals surface area contributed by atoms with E-state index >= 15 is 0 Å². The minimum absolute atomic E-state index is 0.962. The maximum atomic E-state index is 2.54. The normalized spacial score (nSPS) is 16.8. The van der Waals surface area contributed by atoms with Crippen LogP contribution in [-0.2, 0) is 0 Å². The molecule has 0 atom stereocenters. The summed E-state index contributed by atoms with van der Waals surface area (Å²) in [6.45, 7) is 17.5. The van der Waals surface area contributed by atoms with Gasteiger partial charge in [-0.15, -0.1) is 0 Å². The Labute approximate surface area is 194 Å². The summed E-state index contributed by atoms with van der Waals surface area (Å²) >= 11 is 0. The largest absolute Gasteiger partial charge is 0.356 e. The van der Waals surface area contributed by atoms with Crippen molar-refractivity contribution in [2.24, 2.45) is 0 Å². The van der Waals surface area contributed by atoms with E-state index in [4.69, 9.17) is 0 Å². The molecule has 2 aromatic rings. The van der Waals surface area contributed by atoms with Gasteiger partial charge < -0.3 is 19.6 Å². The Morgan fingerprint density at radius 2 is 0.969 bits per heavy atom. The van der Waals surface area contributed by atoms with Crippen LogP contribution >= 0.6 is 0 Å².